The monoisotopic (exact) mass is 497 g/mol. The molecule has 0 unspecified atom stereocenters. The average Bonchev–Trinajstić information content (AvgIpc) is 3.39. The fourth-order valence-corrected chi connectivity index (χ4v) is 5.21. The molecule has 0 aliphatic carbocycles. The van der Waals surface area contributed by atoms with Crippen LogP contribution in [0.15, 0.2) is 83.2 Å². The van der Waals surface area contributed by atoms with Crippen LogP contribution in [0.5, 0.6) is 11.5 Å². The topological polar surface area (TPSA) is 46.6 Å². The van der Waals surface area contributed by atoms with E-state index in [1.807, 2.05) is 60.1 Å². The van der Waals surface area contributed by atoms with Crippen molar-refractivity contribution in [1.82, 2.24) is 4.98 Å². The van der Waals surface area contributed by atoms with E-state index in [1.165, 1.54) is 5.56 Å². The largest absolute Gasteiger partial charge is 0.497 e. The van der Waals surface area contributed by atoms with Gasteiger partial charge in [0.25, 0.3) is 0 Å². The van der Waals surface area contributed by atoms with Gasteiger partial charge in [-0.2, -0.15) is 0 Å². The van der Waals surface area contributed by atoms with Gasteiger partial charge in [-0.05, 0) is 47.8 Å². The standard InChI is InChI=1S/C25H24ClN3O2S2/c1-30-20-9-8-19(24(14-20)31-2)17-29(25-27-12-13-32-25)33-21-10-11-23(22(26)15-21)28-16-18-6-4-3-5-7-18/h3-15,28H,16-17H2,1-2H3. The number of anilines is 2. The Balaban J connectivity index is 1.51. The highest BCUT2D eigenvalue weighted by Gasteiger charge is 2.16. The Morgan fingerprint density at radius 1 is 1.03 bits per heavy atom. The summed E-state index contributed by atoms with van der Waals surface area (Å²) >= 11 is 9.78. The molecule has 0 saturated heterocycles. The molecular formula is C25H24ClN3O2S2. The van der Waals surface area contributed by atoms with Gasteiger partial charge < -0.3 is 14.8 Å². The van der Waals surface area contributed by atoms with Gasteiger partial charge in [0.1, 0.15) is 11.5 Å². The zero-order valence-electron chi connectivity index (χ0n) is 18.3. The molecular weight excluding hydrogens is 474 g/mol. The highest BCUT2D eigenvalue weighted by atomic mass is 35.5. The molecule has 0 spiro atoms. The summed E-state index contributed by atoms with van der Waals surface area (Å²) in [6.07, 6.45) is 1.81. The Kier molecular flexibility index (Phi) is 7.99. The van der Waals surface area contributed by atoms with E-state index in [0.29, 0.717) is 11.6 Å². The minimum absolute atomic E-state index is 0.608. The third kappa shape index (κ3) is 6.13. The molecule has 0 radical (unpaired) electrons. The molecule has 0 aliphatic rings. The third-order valence-electron chi connectivity index (χ3n) is 4.92. The lowest BCUT2D eigenvalue weighted by molar-refractivity contribution is 0.391. The number of aromatic nitrogens is 1. The summed E-state index contributed by atoms with van der Waals surface area (Å²) in [7, 11) is 3.31. The van der Waals surface area contributed by atoms with Gasteiger partial charge in [0.2, 0.25) is 0 Å². The second-order valence-corrected chi connectivity index (χ2v) is 9.48. The summed E-state index contributed by atoms with van der Waals surface area (Å²) in [5.41, 5.74) is 3.14. The number of benzene rings is 3. The molecule has 1 heterocycles. The molecule has 1 N–H and O–H groups in total. The van der Waals surface area contributed by atoms with Crippen molar-refractivity contribution in [3.8, 4) is 11.5 Å². The molecule has 1 aromatic heterocycles. The van der Waals surface area contributed by atoms with Crippen LogP contribution >= 0.6 is 34.9 Å². The number of nitrogens with one attached hydrogen (secondary N) is 1. The van der Waals surface area contributed by atoms with Gasteiger partial charge in [-0.3, -0.25) is 4.31 Å². The van der Waals surface area contributed by atoms with Gasteiger partial charge in [-0.25, -0.2) is 4.98 Å². The number of thiazole rings is 1. The zero-order valence-corrected chi connectivity index (χ0v) is 20.7. The first-order valence-electron chi connectivity index (χ1n) is 10.3. The van der Waals surface area contributed by atoms with Crippen LogP contribution in [0.3, 0.4) is 0 Å². The molecule has 0 saturated carbocycles. The molecule has 0 atom stereocenters. The molecule has 4 aromatic rings. The molecule has 0 fully saturated rings. The van der Waals surface area contributed by atoms with Crippen molar-refractivity contribution in [2.24, 2.45) is 0 Å². The van der Waals surface area contributed by atoms with Gasteiger partial charge in [0.15, 0.2) is 5.13 Å². The van der Waals surface area contributed by atoms with Crippen LogP contribution in [-0.4, -0.2) is 19.2 Å². The van der Waals surface area contributed by atoms with E-state index in [-0.39, 0.29) is 0 Å². The maximum absolute atomic E-state index is 6.60. The van der Waals surface area contributed by atoms with Crippen LogP contribution in [0, 0.1) is 0 Å². The first kappa shape index (κ1) is 23.3. The van der Waals surface area contributed by atoms with Crippen molar-refractivity contribution in [2.45, 2.75) is 18.0 Å². The van der Waals surface area contributed by atoms with Crippen molar-refractivity contribution < 1.29 is 9.47 Å². The molecule has 0 aliphatic heterocycles. The molecule has 170 valence electrons. The lowest BCUT2D eigenvalue weighted by Crippen LogP contribution is -2.14. The normalized spacial score (nSPS) is 10.6. The van der Waals surface area contributed by atoms with Crippen molar-refractivity contribution >= 4 is 45.7 Å². The molecule has 33 heavy (non-hydrogen) atoms. The predicted octanol–water partition coefficient (Wildman–Crippen LogP) is 7.14. The van der Waals surface area contributed by atoms with E-state index >= 15 is 0 Å². The Hall–Kier alpha value is -2.87. The summed E-state index contributed by atoms with van der Waals surface area (Å²) in [4.78, 5) is 5.54. The Morgan fingerprint density at radius 2 is 1.88 bits per heavy atom. The number of methoxy groups -OCH3 is 2. The molecule has 5 nitrogen and oxygen atoms in total. The van der Waals surface area contributed by atoms with E-state index in [4.69, 9.17) is 21.1 Å². The maximum atomic E-state index is 6.60. The number of ether oxygens (including phenoxy) is 2. The van der Waals surface area contributed by atoms with E-state index in [0.717, 1.165) is 39.3 Å². The number of rotatable bonds is 10. The fourth-order valence-electron chi connectivity index (χ4n) is 3.23. The summed E-state index contributed by atoms with van der Waals surface area (Å²) in [6.45, 7) is 1.33. The number of hydrogen-bond acceptors (Lipinski definition) is 7. The summed E-state index contributed by atoms with van der Waals surface area (Å²) in [5.74, 6) is 1.53. The van der Waals surface area contributed by atoms with Gasteiger partial charge in [0.05, 0.1) is 31.5 Å². The summed E-state index contributed by atoms with van der Waals surface area (Å²) < 4.78 is 13.1. The van der Waals surface area contributed by atoms with Crippen molar-refractivity contribution in [2.75, 3.05) is 23.8 Å². The van der Waals surface area contributed by atoms with E-state index < -0.39 is 0 Å². The van der Waals surface area contributed by atoms with Crippen LogP contribution in [0.25, 0.3) is 0 Å². The molecule has 8 heteroatoms. The molecule has 4 rings (SSSR count). The quantitative estimate of drug-likeness (QED) is 0.235. The van der Waals surface area contributed by atoms with Crippen LogP contribution in [0.4, 0.5) is 10.8 Å². The van der Waals surface area contributed by atoms with Crippen LogP contribution in [-0.2, 0) is 13.1 Å². The van der Waals surface area contributed by atoms with Gasteiger partial charge in [0, 0.05) is 34.6 Å². The molecule has 0 bridgehead atoms. The minimum Gasteiger partial charge on any atom is -0.497 e. The lowest BCUT2D eigenvalue weighted by atomic mass is 10.2. The Bertz CT molecular complexity index is 1170. The number of hydrogen-bond donors (Lipinski definition) is 1. The lowest BCUT2D eigenvalue weighted by Gasteiger charge is -2.22. The minimum atomic E-state index is 0.608. The van der Waals surface area contributed by atoms with Gasteiger partial charge in [-0.1, -0.05) is 41.9 Å². The summed E-state index contributed by atoms with van der Waals surface area (Å²) in [5, 5.41) is 6.96. The SMILES string of the molecule is COc1ccc(CN(Sc2ccc(NCc3ccccc3)c(Cl)c2)c2nccs2)c(OC)c1. The highest BCUT2D eigenvalue weighted by molar-refractivity contribution is 8.00. The zero-order chi connectivity index (χ0) is 23.0. The number of halogens is 1. The van der Waals surface area contributed by atoms with E-state index in [1.54, 1.807) is 37.5 Å². The van der Waals surface area contributed by atoms with Crippen molar-refractivity contribution in [3.05, 3.63) is 94.5 Å². The highest BCUT2D eigenvalue weighted by Crippen LogP contribution is 2.37. The Morgan fingerprint density at radius 3 is 2.58 bits per heavy atom. The van der Waals surface area contributed by atoms with E-state index in [9.17, 15) is 0 Å². The van der Waals surface area contributed by atoms with Crippen LogP contribution < -0.4 is 19.1 Å². The predicted molar refractivity (Wildman–Crippen MR) is 139 cm³/mol. The second-order valence-electron chi connectivity index (χ2n) is 7.10. The maximum Gasteiger partial charge on any atom is 0.195 e. The van der Waals surface area contributed by atoms with Crippen molar-refractivity contribution in [1.29, 1.82) is 0 Å². The first-order chi connectivity index (χ1) is 16.2. The average molecular weight is 498 g/mol. The third-order valence-corrected chi connectivity index (χ3v) is 7.13. The second kappa shape index (κ2) is 11.3. The van der Waals surface area contributed by atoms with Crippen molar-refractivity contribution in [3.63, 3.8) is 0 Å². The van der Waals surface area contributed by atoms with Gasteiger partial charge in [-0.15, -0.1) is 11.3 Å². The summed E-state index contributed by atoms with van der Waals surface area (Å²) in [6, 6.07) is 22.2. The fraction of sp³-hybridized carbons (Fsp3) is 0.160. The van der Waals surface area contributed by atoms with Crippen LogP contribution in [0.2, 0.25) is 5.02 Å². The number of nitrogens with zero attached hydrogens (tertiary/aromatic N) is 2. The van der Waals surface area contributed by atoms with Crippen LogP contribution in [0.1, 0.15) is 11.1 Å². The smallest absolute Gasteiger partial charge is 0.195 e. The molecule has 0 amide bonds. The van der Waals surface area contributed by atoms with Gasteiger partial charge >= 0.3 is 0 Å². The first-order valence-corrected chi connectivity index (χ1v) is 12.3. The Labute approximate surface area is 207 Å². The molecule has 3 aromatic carbocycles. The van der Waals surface area contributed by atoms with E-state index in [2.05, 4.69) is 32.8 Å².